The van der Waals surface area contributed by atoms with Crippen molar-refractivity contribution >= 4 is 15.5 Å². The maximum atomic E-state index is 12.2. The van der Waals surface area contributed by atoms with Gasteiger partial charge in [0.15, 0.2) is 9.84 Å². The summed E-state index contributed by atoms with van der Waals surface area (Å²) in [4.78, 5) is 0.381. The molecule has 0 spiro atoms. The Morgan fingerprint density at radius 2 is 1.95 bits per heavy atom. The van der Waals surface area contributed by atoms with E-state index in [4.69, 9.17) is 4.74 Å². The zero-order valence-corrected chi connectivity index (χ0v) is 12.7. The van der Waals surface area contributed by atoms with Crippen molar-refractivity contribution < 1.29 is 13.2 Å². The second-order valence-electron chi connectivity index (χ2n) is 4.52. The molecular weight excluding hydrogens is 262 g/mol. The Morgan fingerprint density at radius 3 is 2.53 bits per heavy atom. The number of anilines is 1. The quantitative estimate of drug-likeness (QED) is 0.798. The third-order valence-corrected chi connectivity index (χ3v) is 4.89. The average molecular weight is 285 g/mol. The second kappa shape index (κ2) is 7.50. The number of nitrogens with one attached hydrogen (secondary N) is 1. The molecule has 0 aliphatic rings. The van der Waals surface area contributed by atoms with E-state index in [1.54, 1.807) is 25.3 Å². The summed E-state index contributed by atoms with van der Waals surface area (Å²) in [5.74, 6) is 0.173. The summed E-state index contributed by atoms with van der Waals surface area (Å²) in [6, 6.07) is 7.17. The van der Waals surface area contributed by atoms with Gasteiger partial charge in [0.25, 0.3) is 0 Å². The molecule has 0 saturated heterocycles. The Kier molecular flexibility index (Phi) is 6.31. The lowest BCUT2D eigenvalue weighted by molar-refractivity contribution is 0.184. The van der Waals surface area contributed by atoms with Gasteiger partial charge in [-0.15, -0.1) is 0 Å². The molecule has 0 amide bonds. The van der Waals surface area contributed by atoms with Crippen molar-refractivity contribution in [2.24, 2.45) is 0 Å². The Hall–Kier alpha value is -1.07. The monoisotopic (exact) mass is 285 g/mol. The molecule has 0 fully saturated rings. The van der Waals surface area contributed by atoms with E-state index in [-0.39, 0.29) is 11.8 Å². The predicted molar refractivity (Wildman–Crippen MR) is 78.4 cm³/mol. The Labute approximate surface area is 116 Å². The van der Waals surface area contributed by atoms with E-state index < -0.39 is 9.84 Å². The van der Waals surface area contributed by atoms with E-state index in [2.05, 4.69) is 5.32 Å². The molecule has 5 heteroatoms. The number of para-hydroxylation sites is 1. The molecule has 1 atom stereocenters. The Bertz CT molecular complexity index is 485. The summed E-state index contributed by atoms with van der Waals surface area (Å²) in [6.45, 7) is 4.46. The van der Waals surface area contributed by atoms with Crippen molar-refractivity contribution in [2.45, 2.75) is 37.6 Å². The fourth-order valence-corrected chi connectivity index (χ4v) is 3.42. The van der Waals surface area contributed by atoms with E-state index in [0.717, 1.165) is 6.42 Å². The van der Waals surface area contributed by atoms with E-state index in [0.29, 0.717) is 23.6 Å². The fourth-order valence-electron chi connectivity index (χ4n) is 1.92. The van der Waals surface area contributed by atoms with Gasteiger partial charge in [0.2, 0.25) is 0 Å². The highest BCUT2D eigenvalue weighted by Gasteiger charge is 2.18. The van der Waals surface area contributed by atoms with Crippen LogP contribution in [0.2, 0.25) is 0 Å². The molecule has 0 aromatic heterocycles. The molecule has 108 valence electrons. The average Bonchev–Trinajstić information content (AvgIpc) is 2.38. The first-order valence-electron chi connectivity index (χ1n) is 6.62. The van der Waals surface area contributed by atoms with Crippen LogP contribution >= 0.6 is 0 Å². The van der Waals surface area contributed by atoms with Gasteiger partial charge >= 0.3 is 0 Å². The number of rotatable bonds is 8. The van der Waals surface area contributed by atoms with Gasteiger partial charge in [-0.2, -0.15) is 0 Å². The van der Waals surface area contributed by atoms with E-state index in [1.807, 2.05) is 19.9 Å². The van der Waals surface area contributed by atoms with Crippen molar-refractivity contribution in [2.75, 3.05) is 24.8 Å². The van der Waals surface area contributed by atoms with Crippen LogP contribution < -0.4 is 5.32 Å². The maximum absolute atomic E-state index is 12.2. The smallest absolute Gasteiger partial charge is 0.180 e. The van der Waals surface area contributed by atoms with Gasteiger partial charge in [0.1, 0.15) is 0 Å². The van der Waals surface area contributed by atoms with Crippen molar-refractivity contribution in [3.8, 4) is 0 Å². The van der Waals surface area contributed by atoms with Crippen LogP contribution in [0.5, 0.6) is 0 Å². The minimum absolute atomic E-state index is 0.114. The molecule has 1 N–H and O–H groups in total. The number of hydrogen-bond acceptors (Lipinski definition) is 4. The number of ether oxygens (including phenoxy) is 1. The molecular formula is C14H23NO3S. The summed E-state index contributed by atoms with van der Waals surface area (Å²) in [7, 11) is -1.57. The largest absolute Gasteiger partial charge is 0.383 e. The number of hydrogen-bond donors (Lipinski definition) is 1. The van der Waals surface area contributed by atoms with Crippen LogP contribution in [-0.4, -0.2) is 33.9 Å². The first-order chi connectivity index (χ1) is 9.05. The van der Waals surface area contributed by atoms with Crippen LogP contribution in [0.25, 0.3) is 0 Å². The highest BCUT2D eigenvalue weighted by atomic mass is 32.2. The van der Waals surface area contributed by atoms with Crippen molar-refractivity contribution in [1.29, 1.82) is 0 Å². The van der Waals surface area contributed by atoms with E-state index >= 15 is 0 Å². The first-order valence-corrected chi connectivity index (χ1v) is 8.27. The molecule has 0 saturated carbocycles. The van der Waals surface area contributed by atoms with Crippen LogP contribution in [0.3, 0.4) is 0 Å². The number of benzene rings is 1. The summed E-state index contributed by atoms with van der Waals surface area (Å²) >= 11 is 0. The van der Waals surface area contributed by atoms with Crippen molar-refractivity contribution in [1.82, 2.24) is 0 Å². The fraction of sp³-hybridized carbons (Fsp3) is 0.571. The summed E-state index contributed by atoms with van der Waals surface area (Å²) in [5.41, 5.74) is 0.667. The molecule has 0 radical (unpaired) electrons. The molecule has 0 aliphatic carbocycles. The standard InChI is InChI=1S/C14H23NO3S/c1-4-10-19(16,17)14-9-7-6-8-13(14)15-12(5-2)11-18-3/h6-9,12,15H,4-5,10-11H2,1-3H3. The van der Waals surface area contributed by atoms with Crippen LogP contribution in [0.4, 0.5) is 5.69 Å². The highest BCUT2D eigenvalue weighted by Crippen LogP contribution is 2.23. The Morgan fingerprint density at radius 1 is 1.26 bits per heavy atom. The minimum Gasteiger partial charge on any atom is -0.383 e. The normalized spacial score (nSPS) is 13.2. The predicted octanol–water partition coefficient (Wildman–Crippen LogP) is 2.71. The molecule has 1 aromatic carbocycles. The molecule has 1 rings (SSSR count). The third kappa shape index (κ3) is 4.51. The Balaban J connectivity index is 3.02. The number of sulfone groups is 1. The lowest BCUT2D eigenvalue weighted by Gasteiger charge is -2.19. The minimum atomic E-state index is -3.21. The zero-order chi connectivity index (χ0) is 14.3. The molecule has 4 nitrogen and oxygen atoms in total. The van der Waals surface area contributed by atoms with Crippen LogP contribution in [0.15, 0.2) is 29.2 Å². The number of methoxy groups -OCH3 is 1. The van der Waals surface area contributed by atoms with Crippen LogP contribution in [-0.2, 0) is 14.6 Å². The van der Waals surface area contributed by atoms with Gasteiger partial charge in [0.05, 0.1) is 22.9 Å². The SMILES string of the molecule is CCCS(=O)(=O)c1ccccc1NC(CC)COC. The third-order valence-electron chi connectivity index (χ3n) is 2.92. The lowest BCUT2D eigenvalue weighted by Crippen LogP contribution is -2.25. The van der Waals surface area contributed by atoms with E-state index in [9.17, 15) is 8.42 Å². The van der Waals surface area contributed by atoms with Gasteiger partial charge in [-0.25, -0.2) is 8.42 Å². The van der Waals surface area contributed by atoms with E-state index in [1.165, 1.54) is 0 Å². The summed E-state index contributed by atoms with van der Waals surface area (Å²) in [5, 5.41) is 3.26. The van der Waals surface area contributed by atoms with Gasteiger partial charge in [-0.05, 0) is 25.0 Å². The summed E-state index contributed by atoms with van der Waals surface area (Å²) < 4.78 is 29.5. The van der Waals surface area contributed by atoms with Crippen molar-refractivity contribution in [3.05, 3.63) is 24.3 Å². The summed E-state index contributed by atoms with van der Waals surface area (Å²) in [6.07, 6.45) is 1.49. The van der Waals surface area contributed by atoms with Crippen LogP contribution in [0, 0.1) is 0 Å². The highest BCUT2D eigenvalue weighted by molar-refractivity contribution is 7.91. The van der Waals surface area contributed by atoms with Gasteiger partial charge in [0, 0.05) is 13.2 Å². The second-order valence-corrected chi connectivity index (χ2v) is 6.60. The maximum Gasteiger partial charge on any atom is 0.180 e. The molecule has 0 bridgehead atoms. The van der Waals surface area contributed by atoms with Gasteiger partial charge < -0.3 is 10.1 Å². The molecule has 1 unspecified atom stereocenters. The van der Waals surface area contributed by atoms with Crippen molar-refractivity contribution in [3.63, 3.8) is 0 Å². The molecule has 1 aromatic rings. The molecule has 0 heterocycles. The molecule has 0 aliphatic heterocycles. The molecule has 19 heavy (non-hydrogen) atoms. The lowest BCUT2D eigenvalue weighted by atomic mass is 10.2. The zero-order valence-electron chi connectivity index (χ0n) is 11.8. The van der Waals surface area contributed by atoms with Crippen LogP contribution in [0.1, 0.15) is 26.7 Å². The first kappa shape index (κ1) is 16.0. The topological polar surface area (TPSA) is 55.4 Å². The van der Waals surface area contributed by atoms with Gasteiger partial charge in [-0.3, -0.25) is 0 Å². The van der Waals surface area contributed by atoms with Gasteiger partial charge in [-0.1, -0.05) is 26.0 Å².